The Morgan fingerprint density at radius 1 is 0.897 bits per heavy atom. The highest BCUT2D eigenvalue weighted by molar-refractivity contribution is 6.33. The van der Waals surface area contributed by atoms with Gasteiger partial charge in [0.05, 0.1) is 17.6 Å². The van der Waals surface area contributed by atoms with Crippen molar-refractivity contribution >= 4 is 28.9 Å². The van der Waals surface area contributed by atoms with Crippen LogP contribution in [0.25, 0.3) is 0 Å². The SMILES string of the molecule is CCc1ccc(N2C(=O)[C@H]3C(c4ccco4)=NN(c4ccccc4)[C@@H]3C2=O)cc1. The average molecular weight is 385 g/mol. The molecular formula is C23H19N3O3. The predicted molar refractivity (Wildman–Crippen MR) is 110 cm³/mol. The number of para-hydroxylation sites is 1. The van der Waals surface area contributed by atoms with Crippen LogP contribution in [0.5, 0.6) is 0 Å². The molecule has 0 bridgehead atoms. The number of amides is 2. The molecule has 0 unspecified atom stereocenters. The van der Waals surface area contributed by atoms with Crippen LogP contribution in [0.4, 0.5) is 11.4 Å². The minimum Gasteiger partial charge on any atom is -0.463 e. The lowest BCUT2D eigenvalue weighted by molar-refractivity contribution is -0.121. The van der Waals surface area contributed by atoms with Crippen LogP contribution in [0.2, 0.25) is 0 Å². The third kappa shape index (κ3) is 2.68. The van der Waals surface area contributed by atoms with Gasteiger partial charge in [0.15, 0.2) is 5.76 Å². The van der Waals surface area contributed by atoms with E-state index in [-0.39, 0.29) is 11.8 Å². The second-order valence-electron chi connectivity index (χ2n) is 7.10. The van der Waals surface area contributed by atoms with Crippen molar-refractivity contribution in [1.82, 2.24) is 0 Å². The number of hydrogen-bond acceptors (Lipinski definition) is 5. The normalized spacial score (nSPS) is 20.9. The fourth-order valence-electron chi connectivity index (χ4n) is 3.97. The Morgan fingerprint density at radius 3 is 2.31 bits per heavy atom. The van der Waals surface area contributed by atoms with E-state index in [1.54, 1.807) is 23.4 Å². The van der Waals surface area contributed by atoms with Crippen LogP contribution >= 0.6 is 0 Å². The number of carbonyl (C=O) groups is 2. The van der Waals surface area contributed by atoms with E-state index in [1.165, 1.54) is 4.90 Å². The largest absolute Gasteiger partial charge is 0.463 e. The average Bonchev–Trinajstić information content (AvgIpc) is 3.47. The first kappa shape index (κ1) is 17.4. The summed E-state index contributed by atoms with van der Waals surface area (Å²) in [5.41, 5.74) is 2.97. The Balaban J connectivity index is 1.60. The highest BCUT2D eigenvalue weighted by atomic mass is 16.3. The minimum atomic E-state index is -0.726. The number of imide groups is 1. The van der Waals surface area contributed by atoms with Crippen molar-refractivity contribution in [1.29, 1.82) is 0 Å². The lowest BCUT2D eigenvalue weighted by Crippen LogP contribution is -2.39. The van der Waals surface area contributed by atoms with Crippen molar-refractivity contribution < 1.29 is 14.0 Å². The van der Waals surface area contributed by atoms with Crippen LogP contribution in [0.3, 0.4) is 0 Å². The van der Waals surface area contributed by atoms with Crippen LogP contribution in [0.15, 0.2) is 82.5 Å². The predicted octanol–water partition coefficient (Wildman–Crippen LogP) is 3.62. The number of nitrogens with zero attached hydrogens (tertiary/aromatic N) is 3. The van der Waals surface area contributed by atoms with E-state index in [1.807, 2.05) is 54.6 Å². The smallest absolute Gasteiger partial charge is 0.259 e. The van der Waals surface area contributed by atoms with Crippen molar-refractivity contribution in [2.75, 3.05) is 9.91 Å². The Morgan fingerprint density at radius 2 is 1.66 bits per heavy atom. The van der Waals surface area contributed by atoms with Crippen LogP contribution in [-0.4, -0.2) is 23.6 Å². The van der Waals surface area contributed by atoms with Gasteiger partial charge >= 0.3 is 0 Å². The Hall–Kier alpha value is -3.67. The molecule has 1 aromatic heterocycles. The third-order valence-corrected chi connectivity index (χ3v) is 5.45. The summed E-state index contributed by atoms with van der Waals surface area (Å²) >= 11 is 0. The number of benzene rings is 2. The van der Waals surface area contributed by atoms with Gasteiger partial charge in [0.25, 0.3) is 5.91 Å². The van der Waals surface area contributed by atoms with Gasteiger partial charge in [-0.15, -0.1) is 0 Å². The maximum atomic E-state index is 13.4. The lowest BCUT2D eigenvalue weighted by atomic mass is 9.96. The van der Waals surface area contributed by atoms with E-state index < -0.39 is 12.0 Å². The Bertz CT molecular complexity index is 1090. The molecule has 2 aromatic carbocycles. The summed E-state index contributed by atoms with van der Waals surface area (Å²) in [6, 6.07) is 19.7. The molecule has 29 heavy (non-hydrogen) atoms. The molecule has 0 aliphatic carbocycles. The summed E-state index contributed by atoms with van der Waals surface area (Å²) in [4.78, 5) is 28.1. The van der Waals surface area contributed by atoms with Gasteiger partial charge < -0.3 is 4.42 Å². The first-order valence-corrected chi connectivity index (χ1v) is 9.62. The Labute approximate surface area is 168 Å². The highest BCUT2D eigenvalue weighted by Crippen LogP contribution is 2.39. The van der Waals surface area contributed by atoms with Crippen LogP contribution in [0, 0.1) is 5.92 Å². The first-order valence-electron chi connectivity index (χ1n) is 9.62. The molecule has 2 aliphatic rings. The summed E-state index contributed by atoms with van der Waals surface area (Å²) in [5, 5.41) is 6.27. The molecule has 3 heterocycles. The van der Waals surface area contributed by atoms with Crippen molar-refractivity contribution in [3.8, 4) is 0 Å². The van der Waals surface area contributed by atoms with Crippen LogP contribution < -0.4 is 9.91 Å². The van der Waals surface area contributed by atoms with Gasteiger partial charge in [-0.2, -0.15) is 5.10 Å². The molecule has 0 radical (unpaired) electrons. The fourth-order valence-corrected chi connectivity index (χ4v) is 3.97. The third-order valence-electron chi connectivity index (χ3n) is 5.45. The molecule has 0 N–H and O–H groups in total. The summed E-state index contributed by atoms with van der Waals surface area (Å²) in [5.74, 6) is -0.765. The second-order valence-corrected chi connectivity index (χ2v) is 7.10. The quantitative estimate of drug-likeness (QED) is 0.644. The van der Waals surface area contributed by atoms with Crippen molar-refractivity contribution in [2.24, 2.45) is 11.0 Å². The molecule has 2 aliphatic heterocycles. The number of fused-ring (bicyclic) bond motifs is 1. The van der Waals surface area contributed by atoms with Crippen LogP contribution in [-0.2, 0) is 16.0 Å². The van der Waals surface area contributed by atoms with Gasteiger partial charge in [0.2, 0.25) is 5.91 Å². The molecule has 1 fully saturated rings. The highest BCUT2D eigenvalue weighted by Gasteiger charge is 2.57. The van der Waals surface area contributed by atoms with Crippen molar-refractivity contribution in [3.05, 3.63) is 84.3 Å². The fraction of sp³-hybridized carbons (Fsp3) is 0.174. The topological polar surface area (TPSA) is 66.1 Å². The number of anilines is 2. The zero-order valence-electron chi connectivity index (χ0n) is 15.9. The van der Waals surface area contributed by atoms with Gasteiger partial charge in [-0.25, -0.2) is 4.90 Å². The molecule has 6 heteroatoms. The lowest BCUT2D eigenvalue weighted by Gasteiger charge is -2.22. The summed E-state index contributed by atoms with van der Waals surface area (Å²) in [6.07, 6.45) is 2.44. The zero-order valence-corrected chi connectivity index (χ0v) is 15.9. The van der Waals surface area contributed by atoms with Gasteiger partial charge in [-0.3, -0.25) is 14.6 Å². The van der Waals surface area contributed by atoms with E-state index in [0.29, 0.717) is 17.2 Å². The maximum Gasteiger partial charge on any atom is 0.259 e. The number of carbonyl (C=O) groups excluding carboxylic acids is 2. The number of aryl methyl sites for hydroxylation is 1. The van der Waals surface area contributed by atoms with Gasteiger partial charge in [0, 0.05) is 0 Å². The zero-order chi connectivity index (χ0) is 20.0. The van der Waals surface area contributed by atoms with E-state index in [0.717, 1.165) is 17.7 Å². The molecule has 144 valence electrons. The van der Waals surface area contributed by atoms with Gasteiger partial charge in [-0.05, 0) is 48.4 Å². The molecule has 0 spiro atoms. The van der Waals surface area contributed by atoms with Gasteiger partial charge in [0.1, 0.15) is 17.7 Å². The number of hydrazone groups is 1. The number of furan rings is 1. The summed E-state index contributed by atoms with van der Waals surface area (Å²) < 4.78 is 5.53. The second kappa shape index (κ2) is 6.74. The molecule has 0 saturated carbocycles. The molecular weight excluding hydrogens is 366 g/mol. The van der Waals surface area contributed by atoms with Crippen LogP contribution in [0.1, 0.15) is 18.2 Å². The van der Waals surface area contributed by atoms with E-state index in [2.05, 4.69) is 12.0 Å². The van der Waals surface area contributed by atoms with Crippen molar-refractivity contribution in [3.63, 3.8) is 0 Å². The van der Waals surface area contributed by atoms with E-state index in [4.69, 9.17) is 4.42 Å². The summed E-state index contributed by atoms with van der Waals surface area (Å²) in [6.45, 7) is 2.06. The first-order chi connectivity index (χ1) is 14.2. The molecule has 3 aromatic rings. The standard InChI is InChI=1S/C23H19N3O3/c1-2-15-10-12-16(13-11-15)25-22(27)19-20(18-9-6-14-29-18)24-26(21(19)23(25)28)17-7-4-3-5-8-17/h3-14,19,21H,2H2,1H3/t19-,21-/m0/s1. The Kier molecular flexibility index (Phi) is 4.05. The van der Waals surface area contributed by atoms with Gasteiger partial charge in [-0.1, -0.05) is 37.3 Å². The molecule has 5 rings (SSSR count). The monoisotopic (exact) mass is 385 g/mol. The molecule has 2 amide bonds. The maximum absolute atomic E-state index is 13.4. The molecule has 6 nitrogen and oxygen atoms in total. The molecule has 1 saturated heterocycles. The van der Waals surface area contributed by atoms with E-state index in [9.17, 15) is 9.59 Å². The molecule has 2 atom stereocenters. The van der Waals surface area contributed by atoms with E-state index >= 15 is 0 Å². The van der Waals surface area contributed by atoms with Crippen molar-refractivity contribution in [2.45, 2.75) is 19.4 Å². The summed E-state index contributed by atoms with van der Waals surface area (Å²) in [7, 11) is 0. The number of rotatable bonds is 4. The minimum absolute atomic E-state index is 0.279. The number of hydrogen-bond donors (Lipinski definition) is 0.